The number of aromatic nitrogens is 2. The summed E-state index contributed by atoms with van der Waals surface area (Å²) in [5.74, 6) is -5.04. The van der Waals surface area contributed by atoms with E-state index in [4.69, 9.17) is 0 Å². The number of nitrogens with zero attached hydrogens (tertiary/aromatic N) is 3. The fraction of sp³-hybridized carbons (Fsp3) is 0.214. The van der Waals surface area contributed by atoms with E-state index in [1.54, 1.807) is 23.2 Å². The van der Waals surface area contributed by atoms with Crippen molar-refractivity contribution in [2.24, 2.45) is 5.92 Å². The fourth-order valence-corrected chi connectivity index (χ4v) is 5.65. The molecule has 6 rings (SSSR count). The lowest BCUT2D eigenvalue weighted by Crippen LogP contribution is -2.51. The average molecular weight is 554 g/mol. The van der Waals surface area contributed by atoms with Crippen LogP contribution < -0.4 is 0 Å². The second-order valence-electron chi connectivity index (χ2n) is 9.54. The number of benzene rings is 2. The van der Waals surface area contributed by atoms with E-state index in [1.165, 1.54) is 17.4 Å². The van der Waals surface area contributed by atoms with E-state index < -0.39 is 29.9 Å². The van der Waals surface area contributed by atoms with Crippen LogP contribution in [-0.4, -0.2) is 46.1 Å². The highest BCUT2D eigenvalue weighted by Gasteiger charge is 2.45. The first-order valence-corrected chi connectivity index (χ1v) is 12.8. The molecule has 2 aromatic heterocycles. The molecular weight excluding hydrogens is 534 g/mol. The molecule has 198 valence electrons. The molecule has 6 nitrogen and oxygen atoms in total. The smallest absolute Gasteiger partial charge is 0.386 e. The Kier molecular flexibility index (Phi) is 6.07. The van der Waals surface area contributed by atoms with Crippen LogP contribution in [0.3, 0.4) is 0 Å². The quantitative estimate of drug-likeness (QED) is 0.138. The summed E-state index contributed by atoms with van der Waals surface area (Å²) in [5.41, 5.74) is 3.33. The topological polar surface area (TPSA) is 72.4 Å². The first-order chi connectivity index (χ1) is 18.6. The van der Waals surface area contributed by atoms with Gasteiger partial charge in [0.05, 0.1) is 27.9 Å². The molecule has 0 bridgehead atoms. The summed E-state index contributed by atoms with van der Waals surface area (Å²) in [6.07, 6.45) is 0.679. The third kappa shape index (κ3) is 4.83. The lowest BCUT2D eigenvalue weighted by Gasteiger charge is -2.37. The van der Waals surface area contributed by atoms with Crippen molar-refractivity contribution in [1.82, 2.24) is 14.9 Å². The van der Waals surface area contributed by atoms with Crippen LogP contribution in [0.5, 0.6) is 0 Å². The Balaban J connectivity index is 1.12. The maximum atomic E-state index is 15.1. The van der Waals surface area contributed by atoms with Crippen molar-refractivity contribution >= 4 is 33.5 Å². The van der Waals surface area contributed by atoms with Crippen molar-refractivity contribution in [3.63, 3.8) is 0 Å². The maximum absolute atomic E-state index is 15.1. The molecule has 0 spiro atoms. The van der Waals surface area contributed by atoms with E-state index >= 15 is 4.39 Å². The second-order valence-corrected chi connectivity index (χ2v) is 10.6. The minimum atomic E-state index is -5.22. The first kappa shape index (κ1) is 25.3. The van der Waals surface area contributed by atoms with Crippen molar-refractivity contribution in [1.29, 1.82) is 0 Å². The zero-order chi connectivity index (χ0) is 27.4. The van der Waals surface area contributed by atoms with Gasteiger partial charge in [-0.25, -0.2) is 14.2 Å². The predicted octanol–water partition coefficient (Wildman–Crippen LogP) is 5.42. The molecule has 1 aliphatic carbocycles. The van der Waals surface area contributed by atoms with Crippen LogP contribution in [0.1, 0.15) is 16.8 Å². The number of carbonyl (C=O) groups excluding carboxylic acids is 2. The van der Waals surface area contributed by atoms with Gasteiger partial charge in [0.2, 0.25) is 0 Å². The molecule has 0 atom stereocenters. The lowest BCUT2D eigenvalue weighted by molar-refractivity contribution is -0.204. The van der Waals surface area contributed by atoms with Crippen LogP contribution in [0, 0.1) is 11.7 Å². The third-order valence-corrected chi connectivity index (χ3v) is 7.89. The van der Waals surface area contributed by atoms with Gasteiger partial charge in [0.15, 0.2) is 0 Å². The molecule has 0 saturated carbocycles. The molecule has 0 amide bonds. The summed E-state index contributed by atoms with van der Waals surface area (Å²) < 4.78 is 56.7. The minimum absolute atomic E-state index is 0.111. The van der Waals surface area contributed by atoms with Crippen LogP contribution in [-0.2, 0) is 26.3 Å². The first-order valence-electron chi connectivity index (χ1n) is 12.0. The fourth-order valence-electron chi connectivity index (χ4n) is 4.65. The number of ether oxygens (including phenoxy) is 1. The zero-order valence-corrected chi connectivity index (χ0v) is 20.9. The SMILES string of the molecule is O=C(OC(=O)C(F)(F)F)C1CN(Cc2ccc(-c3nc4cnc(C5(c6ccccc6)C=C5)cc4s3)c(F)c2)C1. The summed E-state index contributed by atoms with van der Waals surface area (Å²) in [4.78, 5) is 33.5. The number of fused-ring (bicyclic) bond motifs is 1. The van der Waals surface area contributed by atoms with Gasteiger partial charge in [0.1, 0.15) is 16.3 Å². The van der Waals surface area contributed by atoms with E-state index in [9.17, 15) is 22.8 Å². The Morgan fingerprint density at radius 1 is 1.08 bits per heavy atom. The molecule has 2 aromatic carbocycles. The molecule has 1 saturated heterocycles. The number of thiazole rings is 1. The number of allylic oxidation sites excluding steroid dienone is 2. The summed E-state index contributed by atoms with van der Waals surface area (Å²) >= 11 is 1.37. The summed E-state index contributed by atoms with van der Waals surface area (Å²) in [5, 5.41) is 0.520. The minimum Gasteiger partial charge on any atom is -0.386 e. The normalized spacial score (nSPS) is 16.7. The van der Waals surface area contributed by atoms with Gasteiger partial charge < -0.3 is 4.74 Å². The molecule has 2 aliphatic rings. The number of rotatable bonds is 6. The van der Waals surface area contributed by atoms with Gasteiger partial charge in [-0.15, -0.1) is 11.3 Å². The van der Waals surface area contributed by atoms with E-state index in [1.807, 2.05) is 24.3 Å². The molecule has 0 radical (unpaired) electrons. The lowest BCUT2D eigenvalue weighted by atomic mass is 9.89. The van der Waals surface area contributed by atoms with Crippen molar-refractivity contribution in [2.75, 3.05) is 13.1 Å². The Morgan fingerprint density at radius 3 is 2.49 bits per heavy atom. The number of carbonyl (C=O) groups is 2. The summed E-state index contributed by atoms with van der Waals surface area (Å²) in [7, 11) is 0. The monoisotopic (exact) mass is 553 g/mol. The standard InChI is InChI=1S/C28H19F4N3O3S/c29-20-10-16(13-35-14-17(15-35)25(36)38-26(37)28(30,31)32)6-7-19(20)24-34-21-12-33-23(11-22(21)39-24)27(8-9-27)18-4-2-1-3-5-18/h1-12,17H,13-15H2. The highest BCUT2D eigenvalue weighted by molar-refractivity contribution is 7.21. The van der Waals surface area contributed by atoms with Gasteiger partial charge in [-0.2, -0.15) is 13.2 Å². The second kappa shape index (κ2) is 9.35. The molecule has 1 aliphatic heterocycles. The number of esters is 2. The average Bonchev–Trinajstić information content (AvgIpc) is 3.58. The van der Waals surface area contributed by atoms with Crippen LogP contribution >= 0.6 is 11.3 Å². The Morgan fingerprint density at radius 2 is 1.82 bits per heavy atom. The molecular formula is C28H19F4N3O3S. The van der Waals surface area contributed by atoms with Crippen molar-refractivity contribution in [3.8, 4) is 10.6 Å². The molecule has 0 unspecified atom stereocenters. The zero-order valence-electron chi connectivity index (χ0n) is 20.1. The van der Waals surface area contributed by atoms with E-state index in [-0.39, 0.29) is 25.0 Å². The molecule has 39 heavy (non-hydrogen) atoms. The maximum Gasteiger partial charge on any atom is 0.491 e. The van der Waals surface area contributed by atoms with Gasteiger partial charge in [0.25, 0.3) is 0 Å². The predicted molar refractivity (Wildman–Crippen MR) is 135 cm³/mol. The number of hydrogen-bond acceptors (Lipinski definition) is 7. The Labute approximate surface area is 223 Å². The van der Waals surface area contributed by atoms with E-state index in [0.717, 1.165) is 16.0 Å². The van der Waals surface area contributed by atoms with Crippen LogP contribution in [0.2, 0.25) is 0 Å². The van der Waals surface area contributed by atoms with Crippen LogP contribution in [0.25, 0.3) is 20.8 Å². The van der Waals surface area contributed by atoms with Gasteiger partial charge in [-0.3, -0.25) is 14.7 Å². The number of likely N-dealkylation sites (tertiary alicyclic amines) is 1. The van der Waals surface area contributed by atoms with Crippen LogP contribution in [0.15, 0.2) is 72.9 Å². The van der Waals surface area contributed by atoms with Gasteiger partial charge in [-0.1, -0.05) is 48.6 Å². The summed E-state index contributed by atoms with van der Waals surface area (Å²) in [6, 6.07) is 16.8. The van der Waals surface area contributed by atoms with Gasteiger partial charge in [-0.05, 0) is 29.3 Å². The van der Waals surface area contributed by atoms with Gasteiger partial charge >= 0.3 is 18.1 Å². The molecule has 1 fully saturated rings. The molecule has 11 heteroatoms. The highest BCUT2D eigenvalue weighted by atomic mass is 32.1. The number of alkyl halides is 3. The highest BCUT2D eigenvalue weighted by Crippen LogP contribution is 2.45. The Bertz CT molecular complexity index is 1620. The molecule has 3 heterocycles. The third-order valence-electron chi connectivity index (χ3n) is 6.84. The van der Waals surface area contributed by atoms with Gasteiger partial charge in [0, 0.05) is 25.2 Å². The van der Waals surface area contributed by atoms with Crippen molar-refractivity contribution in [2.45, 2.75) is 18.1 Å². The number of pyridine rings is 1. The van der Waals surface area contributed by atoms with E-state index in [2.05, 4.69) is 39.0 Å². The van der Waals surface area contributed by atoms with Crippen molar-refractivity contribution < 1.29 is 31.9 Å². The molecule has 0 N–H and O–H groups in total. The van der Waals surface area contributed by atoms with E-state index in [0.29, 0.717) is 21.7 Å². The van der Waals surface area contributed by atoms with Crippen molar-refractivity contribution in [3.05, 3.63) is 95.6 Å². The number of hydrogen-bond donors (Lipinski definition) is 0. The van der Waals surface area contributed by atoms with Crippen LogP contribution in [0.4, 0.5) is 17.6 Å². The summed E-state index contributed by atoms with van der Waals surface area (Å²) in [6.45, 7) is 0.510. The Hall–Kier alpha value is -3.96. The molecule has 4 aromatic rings. The number of halogens is 4. The largest absolute Gasteiger partial charge is 0.491 e.